The summed E-state index contributed by atoms with van der Waals surface area (Å²) in [4.78, 5) is 12.8. The first-order chi connectivity index (χ1) is 8.40. The van der Waals surface area contributed by atoms with Crippen molar-refractivity contribution in [3.05, 3.63) is 35.4 Å². The Kier molecular flexibility index (Phi) is 4.95. The molecule has 0 aromatic heterocycles. The fraction of sp³-hybridized carbons (Fsp3) is 0.400. The van der Waals surface area contributed by atoms with Gasteiger partial charge in [0.25, 0.3) is 0 Å². The van der Waals surface area contributed by atoms with Crippen LogP contribution in [0.4, 0.5) is 5.69 Å². The number of benzene rings is 1. The van der Waals surface area contributed by atoms with Gasteiger partial charge >= 0.3 is 5.97 Å². The van der Waals surface area contributed by atoms with E-state index in [9.17, 15) is 4.79 Å². The van der Waals surface area contributed by atoms with Crippen molar-refractivity contribution in [1.82, 2.24) is 0 Å². The van der Waals surface area contributed by atoms with Crippen molar-refractivity contribution < 1.29 is 9.90 Å². The number of aryl methyl sites for hydroxylation is 1. The average molecular weight is 247 g/mol. The van der Waals surface area contributed by atoms with Crippen LogP contribution < -0.4 is 4.90 Å². The number of carboxylic acid groups (broad SMARTS) is 1. The van der Waals surface area contributed by atoms with Crippen LogP contribution in [0.15, 0.2) is 24.3 Å². The molecule has 0 saturated heterocycles. The van der Waals surface area contributed by atoms with Crippen molar-refractivity contribution in [1.29, 1.82) is 0 Å². The summed E-state index contributed by atoms with van der Waals surface area (Å²) < 4.78 is 0. The number of hydrogen-bond donors (Lipinski definition) is 1. The predicted octanol–water partition coefficient (Wildman–Crippen LogP) is 3.19. The standard InChI is InChI=1S/C15H21NO2/c1-11(2)10-16(4)14-7-5-12(3)9-13(14)6-8-15(17)18/h5-9,11H,10H2,1-4H3,(H,17,18)/b8-6+. The maximum atomic E-state index is 10.6. The van der Waals surface area contributed by atoms with Crippen LogP contribution in [0.1, 0.15) is 25.0 Å². The van der Waals surface area contributed by atoms with E-state index in [1.165, 1.54) is 6.08 Å². The maximum absolute atomic E-state index is 10.6. The molecule has 3 nitrogen and oxygen atoms in total. The van der Waals surface area contributed by atoms with Crippen molar-refractivity contribution >= 4 is 17.7 Å². The Balaban J connectivity index is 3.06. The van der Waals surface area contributed by atoms with Gasteiger partial charge in [0.1, 0.15) is 0 Å². The molecule has 0 unspecified atom stereocenters. The van der Waals surface area contributed by atoms with E-state index in [2.05, 4.69) is 18.7 Å². The summed E-state index contributed by atoms with van der Waals surface area (Å²) in [7, 11) is 2.03. The minimum Gasteiger partial charge on any atom is -0.478 e. The second kappa shape index (κ2) is 6.24. The second-order valence-corrected chi connectivity index (χ2v) is 5.01. The molecule has 1 N–H and O–H groups in total. The Morgan fingerprint density at radius 3 is 2.67 bits per heavy atom. The van der Waals surface area contributed by atoms with Crippen LogP contribution in [0.5, 0.6) is 0 Å². The predicted molar refractivity (Wildman–Crippen MR) is 76.0 cm³/mol. The lowest BCUT2D eigenvalue weighted by atomic mass is 10.1. The van der Waals surface area contributed by atoms with Gasteiger partial charge in [-0.25, -0.2) is 4.79 Å². The highest BCUT2D eigenvalue weighted by atomic mass is 16.4. The zero-order valence-electron chi connectivity index (χ0n) is 11.5. The van der Waals surface area contributed by atoms with Gasteiger partial charge in [0.2, 0.25) is 0 Å². The normalized spacial score (nSPS) is 11.2. The molecule has 0 fully saturated rings. The third-order valence-corrected chi connectivity index (χ3v) is 2.64. The highest BCUT2D eigenvalue weighted by Crippen LogP contribution is 2.23. The molecule has 0 bridgehead atoms. The molecular formula is C15H21NO2. The molecule has 1 aromatic rings. The van der Waals surface area contributed by atoms with Crippen LogP contribution in [-0.2, 0) is 4.79 Å². The van der Waals surface area contributed by atoms with Gasteiger partial charge in [-0.05, 0) is 36.6 Å². The first-order valence-electron chi connectivity index (χ1n) is 6.13. The lowest BCUT2D eigenvalue weighted by molar-refractivity contribution is -0.131. The molecular weight excluding hydrogens is 226 g/mol. The highest BCUT2D eigenvalue weighted by Gasteiger charge is 2.07. The molecule has 0 heterocycles. The molecule has 0 amide bonds. The number of rotatable bonds is 5. The van der Waals surface area contributed by atoms with Gasteiger partial charge in [0, 0.05) is 25.4 Å². The van der Waals surface area contributed by atoms with Gasteiger partial charge in [0.15, 0.2) is 0 Å². The Bertz CT molecular complexity index is 450. The highest BCUT2D eigenvalue weighted by molar-refractivity contribution is 5.87. The Labute approximate surface area is 109 Å². The molecule has 1 rings (SSSR count). The molecule has 0 aliphatic rings. The van der Waals surface area contributed by atoms with Gasteiger partial charge in [-0.1, -0.05) is 25.5 Å². The van der Waals surface area contributed by atoms with Crippen LogP contribution in [0.2, 0.25) is 0 Å². The first-order valence-corrected chi connectivity index (χ1v) is 6.13. The molecule has 0 aliphatic carbocycles. The van der Waals surface area contributed by atoms with E-state index in [0.717, 1.165) is 23.4 Å². The van der Waals surface area contributed by atoms with Crippen LogP contribution in [0.25, 0.3) is 6.08 Å². The lowest BCUT2D eigenvalue weighted by Gasteiger charge is -2.23. The van der Waals surface area contributed by atoms with E-state index in [1.54, 1.807) is 6.08 Å². The van der Waals surface area contributed by atoms with E-state index >= 15 is 0 Å². The van der Waals surface area contributed by atoms with Crippen molar-refractivity contribution in [3.63, 3.8) is 0 Å². The summed E-state index contributed by atoms with van der Waals surface area (Å²) in [5.74, 6) is -0.360. The summed E-state index contributed by atoms with van der Waals surface area (Å²) in [5.41, 5.74) is 3.13. The van der Waals surface area contributed by atoms with Gasteiger partial charge in [-0.15, -0.1) is 0 Å². The Morgan fingerprint density at radius 2 is 2.11 bits per heavy atom. The number of anilines is 1. The van der Waals surface area contributed by atoms with E-state index in [-0.39, 0.29) is 0 Å². The average Bonchev–Trinajstić information content (AvgIpc) is 2.25. The van der Waals surface area contributed by atoms with Crippen LogP contribution in [0, 0.1) is 12.8 Å². The minimum absolute atomic E-state index is 0.563. The third kappa shape index (κ3) is 4.24. The number of nitrogens with zero attached hydrogens (tertiary/aromatic N) is 1. The summed E-state index contributed by atoms with van der Waals surface area (Å²) in [5, 5.41) is 8.72. The van der Waals surface area contributed by atoms with Gasteiger partial charge < -0.3 is 10.0 Å². The molecule has 0 aliphatic heterocycles. The fourth-order valence-corrected chi connectivity index (χ4v) is 1.96. The fourth-order valence-electron chi connectivity index (χ4n) is 1.96. The SMILES string of the molecule is Cc1ccc(N(C)CC(C)C)c(/C=C/C(=O)O)c1. The monoisotopic (exact) mass is 247 g/mol. The van der Waals surface area contributed by atoms with Gasteiger partial charge in [-0.3, -0.25) is 0 Å². The lowest BCUT2D eigenvalue weighted by Crippen LogP contribution is -2.23. The number of carbonyl (C=O) groups is 1. The van der Waals surface area contributed by atoms with Crippen molar-refractivity contribution in [3.8, 4) is 0 Å². The van der Waals surface area contributed by atoms with Gasteiger partial charge in [0.05, 0.1) is 0 Å². The number of hydrogen-bond acceptors (Lipinski definition) is 2. The van der Waals surface area contributed by atoms with Crippen LogP contribution in [0.3, 0.4) is 0 Å². The summed E-state index contributed by atoms with van der Waals surface area (Å²) in [6.07, 6.45) is 2.84. The van der Waals surface area contributed by atoms with E-state index in [0.29, 0.717) is 5.92 Å². The molecule has 1 aromatic carbocycles. The quantitative estimate of drug-likeness (QED) is 0.812. The maximum Gasteiger partial charge on any atom is 0.328 e. The van der Waals surface area contributed by atoms with E-state index < -0.39 is 5.97 Å². The summed E-state index contributed by atoms with van der Waals surface area (Å²) in [6.45, 7) is 7.27. The summed E-state index contributed by atoms with van der Waals surface area (Å²) in [6, 6.07) is 6.09. The van der Waals surface area contributed by atoms with E-state index in [4.69, 9.17) is 5.11 Å². The molecule has 3 heteroatoms. The third-order valence-electron chi connectivity index (χ3n) is 2.64. The Morgan fingerprint density at radius 1 is 1.44 bits per heavy atom. The number of aliphatic carboxylic acids is 1. The zero-order chi connectivity index (χ0) is 13.7. The zero-order valence-corrected chi connectivity index (χ0v) is 11.5. The molecule has 0 spiro atoms. The van der Waals surface area contributed by atoms with E-state index in [1.807, 2.05) is 32.2 Å². The Hall–Kier alpha value is -1.77. The van der Waals surface area contributed by atoms with Crippen molar-refractivity contribution in [2.75, 3.05) is 18.5 Å². The van der Waals surface area contributed by atoms with Gasteiger partial charge in [-0.2, -0.15) is 0 Å². The second-order valence-electron chi connectivity index (χ2n) is 5.01. The smallest absolute Gasteiger partial charge is 0.328 e. The molecule has 0 atom stereocenters. The minimum atomic E-state index is -0.922. The van der Waals surface area contributed by atoms with Crippen molar-refractivity contribution in [2.45, 2.75) is 20.8 Å². The van der Waals surface area contributed by atoms with Crippen LogP contribution in [-0.4, -0.2) is 24.7 Å². The van der Waals surface area contributed by atoms with Crippen LogP contribution >= 0.6 is 0 Å². The van der Waals surface area contributed by atoms with Crippen molar-refractivity contribution in [2.24, 2.45) is 5.92 Å². The molecule has 18 heavy (non-hydrogen) atoms. The molecule has 98 valence electrons. The largest absolute Gasteiger partial charge is 0.478 e. The number of carboxylic acids is 1. The first kappa shape index (κ1) is 14.3. The topological polar surface area (TPSA) is 40.5 Å². The molecule has 0 saturated carbocycles. The molecule has 0 radical (unpaired) electrons. The summed E-state index contributed by atoms with van der Waals surface area (Å²) >= 11 is 0.